The fraction of sp³-hybridized carbons (Fsp3) is 0.818. The van der Waals surface area contributed by atoms with Crippen LogP contribution in [0.25, 0.3) is 0 Å². The summed E-state index contributed by atoms with van der Waals surface area (Å²) in [7, 11) is 1.80. The van der Waals surface area contributed by atoms with Crippen molar-refractivity contribution in [3.8, 4) is 0 Å². The third-order valence-electron chi connectivity index (χ3n) is 3.33. The summed E-state index contributed by atoms with van der Waals surface area (Å²) in [6, 6.07) is -0.291. The first-order chi connectivity index (χ1) is 7.56. The molecule has 0 saturated carbocycles. The van der Waals surface area contributed by atoms with Crippen LogP contribution in [0.5, 0.6) is 0 Å². The Hall–Kier alpha value is -0.550. The molecule has 0 spiro atoms. The van der Waals surface area contributed by atoms with E-state index in [0.717, 1.165) is 12.2 Å². The van der Waals surface area contributed by atoms with Crippen LogP contribution >= 0.6 is 11.8 Å². The largest absolute Gasteiger partial charge is 0.318 e. The van der Waals surface area contributed by atoms with E-state index in [0.29, 0.717) is 0 Å². The lowest BCUT2D eigenvalue weighted by Gasteiger charge is -2.23. The Bertz CT molecular complexity index is 319. The molecular weight excluding hydrogens is 224 g/mol. The maximum Gasteiger partial charge on any atom is 0.241 e. The van der Waals surface area contributed by atoms with E-state index in [4.69, 9.17) is 0 Å². The first-order valence-electron chi connectivity index (χ1n) is 5.71. The van der Waals surface area contributed by atoms with E-state index in [9.17, 15) is 9.59 Å². The van der Waals surface area contributed by atoms with Crippen LogP contribution in [0.3, 0.4) is 0 Å². The zero-order valence-electron chi connectivity index (χ0n) is 9.90. The Balaban J connectivity index is 2.15. The average molecular weight is 242 g/mol. The van der Waals surface area contributed by atoms with Gasteiger partial charge in [0.1, 0.15) is 6.04 Å². The Labute approximate surface area is 100 Å². The second kappa shape index (κ2) is 4.37. The topological polar surface area (TPSA) is 49.4 Å². The molecular formula is C11H18N2O2S. The number of amides is 1. The number of nitrogens with one attached hydrogen (secondary N) is 1. The van der Waals surface area contributed by atoms with E-state index in [-0.39, 0.29) is 35.1 Å². The molecule has 1 amide bonds. The minimum Gasteiger partial charge on any atom is -0.318 e. The molecule has 0 radical (unpaired) electrons. The van der Waals surface area contributed by atoms with Crippen molar-refractivity contribution in [2.45, 2.75) is 37.7 Å². The van der Waals surface area contributed by atoms with Crippen LogP contribution < -0.4 is 5.32 Å². The van der Waals surface area contributed by atoms with Crippen LogP contribution in [0.4, 0.5) is 0 Å². The van der Waals surface area contributed by atoms with Crippen LogP contribution in [0.1, 0.15) is 20.3 Å². The molecule has 90 valence electrons. The zero-order chi connectivity index (χ0) is 11.9. The SMILES string of the molecule is CN[C@@H]1CC2SC[C@H](C(=O)C(C)C)N2C1=O. The minimum absolute atomic E-state index is 0.00536. The summed E-state index contributed by atoms with van der Waals surface area (Å²) >= 11 is 1.73. The van der Waals surface area contributed by atoms with E-state index in [1.807, 2.05) is 13.8 Å². The van der Waals surface area contributed by atoms with Gasteiger partial charge in [-0.1, -0.05) is 13.8 Å². The van der Waals surface area contributed by atoms with Crippen molar-refractivity contribution in [2.24, 2.45) is 5.92 Å². The van der Waals surface area contributed by atoms with Crippen LogP contribution in [0.15, 0.2) is 0 Å². The fourth-order valence-corrected chi connectivity index (χ4v) is 3.84. The van der Waals surface area contributed by atoms with E-state index in [1.165, 1.54) is 0 Å². The lowest BCUT2D eigenvalue weighted by Crippen LogP contribution is -2.46. The average Bonchev–Trinajstić information content (AvgIpc) is 2.78. The summed E-state index contributed by atoms with van der Waals surface area (Å²) in [6.45, 7) is 3.80. The van der Waals surface area contributed by atoms with Gasteiger partial charge in [0, 0.05) is 18.1 Å². The van der Waals surface area contributed by atoms with E-state index < -0.39 is 0 Å². The normalized spacial score (nSPS) is 33.6. The molecule has 0 aromatic heterocycles. The van der Waals surface area contributed by atoms with E-state index in [2.05, 4.69) is 5.32 Å². The van der Waals surface area contributed by atoms with Gasteiger partial charge in [-0.25, -0.2) is 0 Å². The third kappa shape index (κ3) is 1.76. The summed E-state index contributed by atoms with van der Waals surface area (Å²) < 4.78 is 0. The van der Waals surface area contributed by atoms with E-state index in [1.54, 1.807) is 23.7 Å². The number of hydrogen-bond acceptors (Lipinski definition) is 4. The number of carbonyl (C=O) groups excluding carboxylic acids is 2. The molecule has 2 fully saturated rings. The Kier molecular flexibility index (Phi) is 3.26. The van der Waals surface area contributed by atoms with Crippen molar-refractivity contribution >= 4 is 23.5 Å². The molecule has 0 bridgehead atoms. The molecule has 2 heterocycles. The number of likely N-dealkylation sites (N-methyl/N-ethyl adjacent to an activating group) is 1. The van der Waals surface area contributed by atoms with Crippen LogP contribution in [-0.4, -0.2) is 46.8 Å². The van der Waals surface area contributed by atoms with Crippen molar-refractivity contribution in [1.82, 2.24) is 10.2 Å². The molecule has 0 aromatic rings. The van der Waals surface area contributed by atoms with Crippen LogP contribution in [0.2, 0.25) is 0 Å². The second-order valence-electron chi connectivity index (χ2n) is 4.68. The van der Waals surface area contributed by atoms with Gasteiger partial charge in [0.15, 0.2) is 5.78 Å². The number of ketones is 1. The van der Waals surface area contributed by atoms with Gasteiger partial charge in [-0.15, -0.1) is 11.8 Å². The van der Waals surface area contributed by atoms with Crippen molar-refractivity contribution < 1.29 is 9.59 Å². The van der Waals surface area contributed by atoms with Gasteiger partial charge in [-0.05, 0) is 7.05 Å². The smallest absolute Gasteiger partial charge is 0.241 e. The Morgan fingerprint density at radius 1 is 1.56 bits per heavy atom. The molecule has 3 atom stereocenters. The summed E-state index contributed by atoms with van der Waals surface area (Å²) in [5.74, 6) is 1.06. The van der Waals surface area contributed by atoms with E-state index >= 15 is 0 Å². The quantitative estimate of drug-likeness (QED) is 0.782. The standard InChI is InChI=1S/C11H18N2O2S/c1-6(2)10(14)8-5-16-9-4-7(12-3)11(15)13(8)9/h6-9,12H,4-5H2,1-3H3/t7-,8-,9?/m1/s1. The number of rotatable bonds is 3. The predicted octanol–water partition coefficient (Wildman–Crippen LogP) is 0.473. The molecule has 2 rings (SSSR count). The Morgan fingerprint density at radius 2 is 2.25 bits per heavy atom. The summed E-state index contributed by atoms with van der Waals surface area (Å²) in [4.78, 5) is 25.9. The summed E-state index contributed by atoms with van der Waals surface area (Å²) in [5.41, 5.74) is 0. The molecule has 5 heteroatoms. The highest BCUT2D eigenvalue weighted by Gasteiger charge is 2.49. The lowest BCUT2D eigenvalue weighted by molar-refractivity contribution is -0.137. The molecule has 2 aliphatic rings. The summed E-state index contributed by atoms with van der Waals surface area (Å²) in [5, 5.41) is 3.22. The highest BCUT2D eigenvalue weighted by molar-refractivity contribution is 8.00. The van der Waals surface area contributed by atoms with Crippen LogP contribution in [0, 0.1) is 5.92 Å². The second-order valence-corrected chi connectivity index (χ2v) is 5.89. The number of fused-ring (bicyclic) bond motifs is 1. The van der Waals surface area contributed by atoms with Crippen LogP contribution in [-0.2, 0) is 9.59 Å². The van der Waals surface area contributed by atoms with Crippen molar-refractivity contribution in [3.05, 3.63) is 0 Å². The molecule has 2 aliphatic heterocycles. The number of hydrogen-bond donors (Lipinski definition) is 1. The third-order valence-corrected chi connectivity index (χ3v) is 4.64. The first kappa shape index (κ1) is 11.9. The van der Waals surface area contributed by atoms with Crippen molar-refractivity contribution in [2.75, 3.05) is 12.8 Å². The van der Waals surface area contributed by atoms with Crippen molar-refractivity contribution in [1.29, 1.82) is 0 Å². The monoisotopic (exact) mass is 242 g/mol. The predicted molar refractivity (Wildman–Crippen MR) is 64.2 cm³/mol. The number of thioether (sulfide) groups is 1. The molecule has 1 unspecified atom stereocenters. The molecule has 1 N–H and O–H groups in total. The van der Waals surface area contributed by atoms with Gasteiger partial charge in [0.05, 0.1) is 11.4 Å². The number of Topliss-reactive ketones (excluding diaryl/α,β-unsaturated/α-hetero) is 1. The van der Waals surface area contributed by atoms with Gasteiger partial charge in [0.2, 0.25) is 5.91 Å². The van der Waals surface area contributed by atoms with Gasteiger partial charge >= 0.3 is 0 Å². The van der Waals surface area contributed by atoms with Crippen molar-refractivity contribution in [3.63, 3.8) is 0 Å². The molecule has 4 nitrogen and oxygen atoms in total. The van der Waals surface area contributed by atoms with Gasteiger partial charge < -0.3 is 10.2 Å². The maximum absolute atomic E-state index is 12.1. The summed E-state index contributed by atoms with van der Waals surface area (Å²) in [6.07, 6.45) is 0.821. The highest BCUT2D eigenvalue weighted by Crippen LogP contribution is 2.38. The lowest BCUT2D eigenvalue weighted by atomic mass is 10.0. The van der Waals surface area contributed by atoms with Gasteiger partial charge in [-0.2, -0.15) is 0 Å². The number of carbonyl (C=O) groups is 2. The molecule has 0 aliphatic carbocycles. The zero-order valence-corrected chi connectivity index (χ0v) is 10.7. The molecule has 0 aromatic carbocycles. The first-order valence-corrected chi connectivity index (χ1v) is 6.76. The minimum atomic E-state index is -0.194. The maximum atomic E-state index is 12.1. The highest BCUT2D eigenvalue weighted by atomic mass is 32.2. The Morgan fingerprint density at radius 3 is 2.81 bits per heavy atom. The van der Waals surface area contributed by atoms with Gasteiger partial charge in [-0.3, -0.25) is 9.59 Å². The fourth-order valence-electron chi connectivity index (χ4n) is 2.37. The molecule has 16 heavy (non-hydrogen) atoms. The molecule has 2 saturated heterocycles. The van der Waals surface area contributed by atoms with Gasteiger partial charge in [0.25, 0.3) is 0 Å². The number of nitrogens with zero attached hydrogens (tertiary/aromatic N) is 1.